The van der Waals surface area contributed by atoms with Crippen molar-refractivity contribution >= 4 is 67.7 Å². The zero-order valence-electron chi connectivity index (χ0n) is 41.4. The van der Waals surface area contributed by atoms with Crippen LogP contribution in [0.1, 0.15) is 140 Å². The van der Waals surface area contributed by atoms with Gasteiger partial charge in [0.2, 0.25) is 0 Å². The Morgan fingerprint density at radius 2 is 1.04 bits per heavy atom. The average molecular weight is 886 g/mol. The molecule has 5 heterocycles. The van der Waals surface area contributed by atoms with E-state index in [1.54, 1.807) is 0 Å². The van der Waals surface area contributed by atoms with Crippen molar-refractivity contribution in [2.45, 2.75) is 139 Å². The van der Waals surface area contributed by atoms with Crippen LogP contribution in [0.15, 0.2) is 146 Å². The highest BCUT2D eigenvalue weighted by molar-refractivity contribution is 7.00. The van der Waals surface area contributed by atoms with Gasteiger partial charge in [0.25, 0.3) is 6.71 Å². The first-order valence-corrected chi connectivity index (χ1v) is 26.0. The Morgan fingerprint density at radius 1 is 0.471 bits per heavy atom. The third-order valence-electron chi connectivity index (χ3n) is 19.0. The summed E-state index contributed by atoms with van der Waals surface area (Å²) >= 11 is 0. The molecule has 14 rings (SSSR count). The molecule has 68 heavy (non-hydrogen) atoms. The number of nitrogens with zero attached hydrogens (tertiary/aromatic N) is 3. The Balaban J connectivity index is 1.15. The van der Waals surface area contributed by atoms with Crippen molar-refractivity contribution in [1.29, 1.82) is 0 Å². The van der Waals surface area contributed by atoms with E-state index in [4.69, 9.17) is 0 Å². The van der Waals surface area contributed by atoms with Crippen molar-refractivity contribution in [3.63, 3.8) is 0 Å². The topological polar surface area (TPSA) is 11.4 Å². The van der Waals surface area contributed by atoms with Crippen LogP contribution in [0, 0.1) is 0 Å². The quantitative estimate of drug-likeness (QED) is 0.164. The van der Waals surface area contributed by atoms with Gasteiger partial charge < -0.3 is 14.4 Å². The smallest absolute Gasteiger partial charge is 0.252 e. The van der Waals surface area contributed by atoms with Gasteiger partial charge in [0.15, 0.2) is 0 Å². The van der Waals surface area contributed by atoms with Gasteiger partial charge in [-0.2, -0.15) is 0 Å². The van der Waals surface area contributed by atoms with Gasteiger partial charge in [0, 0.05) is 55.6 Å². The van der Waals surface area contributed by atoms with Crippen molar-refractivity contribution in [2.75, 3.05) is 9.80 Å². The van der Waals surface area contributed by atoms with Gasteiger partial charge >= 0.3 is 0 Å². The van der Waals surface area contributed by atoms with Crippen molar-refractivity contribution < 1.29 is 0 Å². The molecule has 4 unspecified atom stereocenters. The first kappa shape index (κ1) is 41.0. The van der Waals surface area contributed by atoms with Crippen LogP contribution in [0.5, 0.6) is 0 Å². The molecule has 0 N–H and O–H groups in total. The monoisotopic (exact) mass is 886 g/mol. The van der Waals surface area contributed by atoms with E-state index in [1.165, 1.54) is 126 Å². The molecular weight excluding hydrogens is 822 g/mol. The van der Waals surface area contributed by atoms with Crippen LogP contribution >= 0.6 is 0 Å². The van der Waals surface area contributed by atoms with E-state index < -0.39 is 0 Å². The molecule has 0 saturated heterocycles. The molecule has 2 saturated carbocycles. The summed E-state index contributed by atoms with van der Waals surface area (Å²) in [5, 5.41) is 2.75. The molecule has 338 valence electrons. The molecule has 0 bridgehead atoms. The van der Waals surface area contributed by atoms with E-state index in [9.17, 15) is 0 Å². The van der Waals surface area contributed by atoms with E-state index >= 15 is 0 Å². The largest absolute Gasteiger partial charge is 0.335 e. The van der Waals surface area contributed by atoms with Crippen molar-refractivity contribution in [3.05, 3.63) is 179 Å². The Hall–Kier alpha value is -6.00. The molecule has 0 radical (unpaired) electrons. The van der Waals surface area contributed by atoms with E-state index in [1.807, 2.05) is 0 Å². The minimum absolute atomic E-state index is 0.0222. The maximum absolute atomic E-state index is 2.96. The molecule has 3 nitrogen and oxygen atoms in total. The molecule has 8 aromatic rings. The summed E-state index contributed by atoms with van der Waals surface area (Å²) in [7, 11) is 0. The standard InChI is InChI=1S/C64H64BN3/c1-59(2,3)43-30-31-52-46(36-43)47-37-44(60(4,5)6)38-51-57(47)66(52)54-39-45(67-53-29-16-15-26-48(53)63(41-22-11-9-12-23-41)34-19-17-32-61(63,67)7)40-55-56(54)65(51)50-28-21-27-49-58(50)68(55)62(8)33-18-20-35-64(49,62)42-24-13-10-14-25-42/h9-16,21-31,36-40H,17-20,32-35H2,1-8H3. The molecule has 2 aliphatic carbocycles. The van der Waals surface area contributed by atoms with Gasteiger partial charge in [-0.15, -0.1) is 0 Å². The number of hydrogen-bond acceptors (Lipinski definition) is 2. The SMILES string of the molecule is CC(C)(C)c1ccc2c(c1)c1cc(C(C)(C)C)cc3c1n2-c1cc(N2c4ccccc4C4(c5ccccc5)CCCCC24C)cc2c1B3c1cccc3c1N2C1(C)CCCCC31c1ccccc1. The second-order valence-corrected chi connectivity index (χ2v) is 24.3. The lowest BCUT2D eigenvalue weighted by Gasteiger charge is -2.54. The first-order valence-electron chi connectivity index (χ1n) is 26.0. The lowest BCUT2D eigenvalue weighted by molar-refractivity contribution is 0.214. The van der Waals surface area contributed by atoms with Gasteiger partial charge in [-0.05, 0) is 137 Å². The molecule has 4 heteroatoms. The number of fused-ring (bicyclic) bond motifs is 13. The molecule has 4 aliphatic heterocycles. The summed E-state index contributed by atoms with van der Waals surface area (Å²) in [4.78, 5) is 5.82. The van der Waals surface area contributed by atoms with Gasteiger partial charge in [-0.3, -0.25) is 0 Å². The molecule has 7 aromatic carbocycles. The molecule has 1 aromatic heterocycles. The molecule has 4 atom stereocenters. The van der Waals surface area contributed by atoms with Gasteiger partial charge in [0.1, 0.15) is 0 Å². The van der Waals surface area contributed by atoms with E-state index in [0.717, 1.165) is 25.7 Å². The van der Waals surface area contributed by atoms with Gasteiger partial charge in [-0.1, -0.05) is 176 Å². The van der Waals surface area contributed by atoms with E-state index in [0.29, 0.717) is 0 Å². The van der Waals surface area contributed by atoms with Gasteiger partial charge in [-0.25, -0.2) is 0 Å². The predicted octanol–water partition coefficient (Wildman–Crippen LogP) is 14.1. The molecule has 0 spiro atoms. The van der Waals surface area contributed by atoms with Gasteiger partial charge in [0.05, 0.1) is 16.6 Å². The highest BCUT2D eigenvalue weighted by Crippen LogP contribution is 2.67. The van der Waals surface area contributed by atoms with Crippen molar-refractivity contribution in [2.24, 2.45) is 0 Å². The Labute approximate surface area is 404 Å². The third-order valence-corrected chi connectivity index (χ3v) is 19.0. The first-order chi connectivity index (χ1) is 32.7. The highest BCUT2D eigenvalue weighted by Gasteiger charge is 2.65. The summed E-state index contributed by atoms with van der Waals surface area (Å²) in [6, 6.07) is 58.3. The number of aromatic nitrogens is 1. The maximum atomic E-state index is 2.96. The minimum Gasteiger partial charge on any atom is -0.335 e. The van der Waals surface area contributed by atoms with Crippen LogP contribution in [-0.2, 0) is 21.7 Å². The summed E-state index contributed by atoms with van der Waals surface area (Å²) in [6.45, 7) is 19.7. The van der Waals surface area contributed by atoms with Crippen molar-refractivity contribution in [3.8, 4) is 5.69 Å². The second-order valence-electron chi connectivity index (χ2n) is 24.3. The Bertz CT molecular complexity index is 3440. The predicted molar refractivity (Wildman–Crippen MR) is 288 cm³/mol. The van der Waals surface area contributed by atoms with Crippen LogP contribution in [0.3, 0.4) is 0 Å². The maximum Gasteiger partial charge on any atom is 0.252 e. The number of rotatable bonds is 3. The van der Waals surface area contributed by atoms with Crippen LogP contribution in [0.4, 0.5) is 22.7 Å². The summed E-state index contributed by atoms with van der Waals surface area (Å²) in [5.74, 6) is 0. The Morgan fingerprint density at radius 3 is 1.72 bits per heavy atom. The van der Waals surface area contributed by atoms with Crippen molar-refractivity contribution in [1.82, 2.24) is 4.57 Å². The summed E-state index contributed by atoms with van der Waals surface area (Å²) < 4.78 is 2.74. The molecule has 0 amide bonds. The fraction of sp³-hybridized carbons (Fsp3) is 0.344. The minimum atomic E-state index is -0.189. The number of anilines is 4. The average Bonchev–Trinajstić information content (AvgIpc) is 3.89. The van der Waals surface area contributed by atoms with Crippen LogP contribution in [0.25, 0.3) is 27.5 Å². The Kier molecular flexibility index (Phi) is 8.09. The van der Waals surface area contributed by atoms with Crippen LogP contribution in [0.2, 0.25) is 0 Å². The van der Waals surface area contributed by atoms with E-state index in [-0.39, 0.29) is 39.5 Å². The normalized spacial score (nSPS) is 25.3. The zero-order valence-corrected chi connectivity index (χ0v) is 41.4. The fourth-order valence-electron chi connectivity index (χ4n) is 16.0. The lowest BCUT2D eigenvalue weighted by Crippen LogP contribution is -2.64. The second kappa shape index (κ2) is 13.4. The number of para-hydroxylation sites is 2. The fourth-order valence-corrected chi connectivity index (χ4v) is 16.0. The van der Waals surface area contributed by atoms with E-state index in [2.05, 4.69) is 215 Å². The van der Waals surface area contributed by atoms with Crippen LogP contribution < -0.4 is 26.2 Å². The molecular formula is C64H64BN3. The molecule has 2 fully saturated rings. The third kappa shape index (κ3) is 4.83. The number of hydrogen-bond donors (Lipinski definition) is 0. The van der Waals surface area contributed by atoms with Crippen LogP contribution in [-0.4, -0.2) is 22.4 Å². The summed E-state index contributed by atoms with van der Waals surface area (Å²) in [5.41, 5.74) is 22.1. The summed E-state index contributed by atoms with van der Waals surface area (Å²) in [6.07, 6.45) is 9.46. The molecule has 6 aliphatic rings. The highest BCUT2D eigenvalue weighted by atomic mass is 15.3. The lowest BCUT2D eigenvalue weighted by atomic mass is 9.33. The zero-order chi connectivity index (χ0) is 46.3. The number of benzene rings is 7.